The molecule has 26 heavy (non-hydrogen) atoms. The highest BCUT2D eigenvalue weighted by atomic mass is 15.3. The predicted molar refractivity (Wildman–Crippen MR) is 105 cm³/mol. The molecule has 5 rings (SSSR count). The van der Waals surface area contributed by atoms with E-state index in [1.807, 2.05) is 28.8 Å². The van der Waals surface area contributed by atoms with Crippen molar-refractivity contribution in [2.75, 3.05) is 0 Å². The smallest absolute Gasteiger partial charge is 0.160 e. The molecule has 2 aromatic heterocycles. The maximum atomic E-state index is 4.30. The van der Waals surface area contributed by atoms with Crippen LogP contribution < -0.4 is 5.32 Å². The lowest BCUT2D eigenvalue weighted by atomic mass is 9.97. The van der Waals surface area contributed by atoms with Crippen LogP contribution in [0.4, 0.5) is 0 Å². The number of rotatable bonds is 4. The third kappa shape index (κ3) is 2.52. The van der Waals surface area contributed by atoms with Crippen LogP contribution in [0.15, 0.2) is 79.0 Å². The third-order valence-corrected chi connectivity index (χ3v) is 4.85. The van der Waals surface area contributed by atoms with Gasteiger partial charge >= 0.3 is 0 Å². The van der Waals surface area contributed by atoms with Crippen molar-refractivity contribution in [1.29, 1.82) is 0 Å². The van der Waals surface area contributed by atoms with E-state index in [0.29, 0.717) is 6.54 Å². The van der Waals surface area contributed by atoms with Crippen LogP contribution in [0.2, 0.25) is 0 Å². The number of pyridine rings is 1. The standard InChI is InChI=1S/C22H18N4/c1-3-9-18-16(7-1)13-17-8-2-4-10-19(17)20(18)14-23-15-22-25-24-21-11-5-6-12-26(21)22/h1-13,23H,14-15H2. The minimum atomic E-state index is 0.669. The molecule has 0 atom stereocenters. The summed E-state index contributed by atoms with van der Waals surface area (Å²) in [6, 6.07) is 25.4. The highest BCUT2D eigenvalue weighted by molar-refractivity contribution is 6.02. The van der Waals surface area contributed by atoms with Gasteiger partial charge in [-0.3, -0.25) is 4.40 Å². The molecule has 0 fully saturated rings. The predicted octanol–water partition coefficient (Wildman–Crippen LogP) is 4.33. The van der Waals surface area contributed by atoms with Crippen LogP contribution in [0.1, 0.15) is 11.4 Å². The SMILES string of the molecule is c1ccc2c(CNCc3nnc4ccccn34)c3ccccc3cc2c1. The van der Waals surface area contributed by atoms with Crippen LogP contribution in [-0.4, -0.2) is 14.6 Å². The first-order valence-corrected chi connectivity index (χ1v) is 8.79. The molecule has 4 heteroatoms. The Balaban J connectivity index is 1.50. The fourth-order valence-corrected chi connectivity index (χ4v) is 3.61. The minimum absolute atomic E-state index is 0.669. The molecule has 0 saturated carbocycles. The summed E-state index contributed by atoms with van der Waals surface area (Å²) in [4.78, 5) is 0. The van der Waals surface area contributed by atoms with Gasteiger partial charge in [-0.25, -0.2) is 0 Å². The van der Waals surface area contributed by atoms with Gasteiger partial charge in [-0.1, -0.05) is 54.6 Å². The van der Waals surface area contributed by atoms with E-state index in [2.05, 4.69) is 70.1 Å². The Bertz CT molecular complexity index is 1170. The number of fused-ring (bicyclic) bond motifs is 3. The van der Waals surface area contributed by atoms with Crippen molar-refractivity contribution in [3.8, 4) is 0 Å². The van der Waals surface area contributed by atoms with Crippen LogP contribution in [0.3, 0.4) is 0 Å². The Morgan fingerprint density at radius 3 is 2.19 bits per heavy atom. The molecule has 0 spiro atoms. The molecule has 0 radical (unpaired) electrons. The molecule has 126 valence electrons. The molecular formula is C22H18N4. The zero-order valence-corrected chi connectivity index (χ0v) is 14.3. The van der Waals surface area contributed by atoms with E-state index in [4.69, 9.17) is 0 Å². The Hall–Kier alpha value is -3.24. The average Bonchev–Trinajstić information content (AvgIpc) is 3.11. The normalized spacial score (nSPS) is 11.5. The maximum Gasteiger partial charge on any atom is 0.160 e. The molecular weight excluding hydrogens is 320 g/mol. The van der Waals surface area contributed by atoms with Crippen LogP contribution in [0.5, 0.6) is 0 Å². The molecule has 0 aliphatic carbocycles. The maximum absolute atomic E-state index is 4.30. The summed E-state index contributed by atoms with van der Waals surface area (Å²) in [7, 11) is 0. The van der Waals surface area contributed by atoms with E-state index >= 15 is 0 Å². The molecule has 1 N–H and O–H groups in total. The summed E-state index contributed by atoms with van der Waals surface area (Å²) < 4.78 is 2.02. The average molecular weight is 338 g/mol. The Labute approximate surface area is 151 Å². The van der Waals surface area contributed by atoms with Gasteiger partial charge in [0.15, 0.2) is 11.5 Å². The first kappa shape index (κ1) is 15.0. The number of hydrogen-bond acceptors (Lipinski definition) is 3. The van der Waals surface area contributed by atoms with Gasteiger partial charge in [0.2, 0.25) is 0 Å². The zero-order valence-electron chi connectivity index (χ0n) is 14.3. The topological polar surface area (TPSA) is 42.2 Å². The number of nitrogens with one attached hydrogen (secondary N) is 1. The van der Waals surface area contributed by atoms with Gasteiger partial charge in [0.05, 0.1) is 6.54 Å². The highest BCUT2D eigenvalue weighted by Crippen LogP contribution is 2.28. The largest absolute Gasteiger partial charge is 0.306 e. The van der Waals surface area contributed by atoms with Crippen LogP contribution in [0, 0.1) is 0 Å². The summed E-state index contributed by atoms with van der Waals surface area (Å²) in [5.41, 5.74) is 2.20. The Morgan fingerprint density at radius 2 is 1.42 bits per heavy atom. The lowest BCUT2D eigenvalue weighted by molar-refractivity contribution is 0.661. The summed E-state index contributed by atoms with van der Waals surface area (Å²) in [6.07, 6.45) is 2.00. The second kappa shape index (κ2) is 6.24. The van der Waals surface area contributed by atoms with E-state index in [1.165, 1.54) is 27.1 Å². The summed E-state index contributed by atoms with van der Waals surface area (Å²) in [6.45, 7) is 1.45. The van der Waals surface area contributed by atoms with Gasteiger partial charge in [-0.05, 0) is 45.3 Å². The van der Waals surface area contributed by atoms with Gasteiger partial charge in [-0.15, -0.1) is 10.2 Å². The highest BCUT2D eigenvalue weighted by Gasteiger charge is 2.08. The number of nitrogens with zero attached hydrogens (tertiary/aromatic N) is 3. The fourth-order valence-electron chi connectivity index (χ4n) is 3.61. The Morgan fingerprint density at radius 1 is 0.731 bits per heavy atom. The molecule has 2 heterocycles. The van der Waals surface area contributed by atoms with Crippen LogP contribution >= 0.6 is 0 Å². The molecule has 0 saturated heterocycles. The van der Waals surface area contributed by atoms with Crippen molar-refractivity contribution in [3.63, 3.8) is 0 Å². The van der Waals surface area contributed by atoms with E-state index in [-0.39, 0.29) is 0 Å². The van der Waals surface area contributed by atoms with Gasteiger partial charge in [0, 0.05) is 12.7 Å². The summed E-state index contributed by atoms with van der Waals surface area (Å²) in [5.74, 6) is 0.921. The van der Waals surface area contributed by atoms with E-state index in [9.17, 15) is 0 Å². The first-order chi connectivity index (χ1) is 12.9. The molecule has 5 aromatic rings. The molecule has 4 nitrogen and oxygen atoms in total. The van der Waals surface area contributed by atoms with E-state index in [0.717, 1.165) is 18.0 Å². The van der Waals surface area contributed by atoms with Crippen molar-refractivity contribution in [2.24, 2.45) is 0 Å². The lowest BCUT2D eigenvalue weighted by Gasteiger charge is -2.12. The molecule has 0 aliphatic heterocycles. The van der Waals surface area contributed by atoms with Gasteiger partial charge in [-0.2, -0.15) is 0 Å². The lowest BCUT2D eigenvalue weighted by Crippen LogP contribution is -2.15. The molecule has 3 aromatic carbocycles. The number of hydrogen-bond donors (Lipinski definition) is 1. The van der Waals surface area contributed by atoms with E-state index in [1.54, 1.807) is 0 Å². The summed E-state index contributed by atoms with van der Waals surface area (Å²) in [5, 5.41) is 17.2. The monoisotopic (exact) mass is 338 g/mol. The molecule has 0 unspecified atom stereocenters. The minimum Gasteiger partial charge on any atom is -0.306 e. The van der Waals surface area contributed by atoms with Crippen molar-refractivity contribution >= 4 is 27.2 Å². The zero-order chi connectivity index (χ0) is 17.3. The van der Waals surface area contributed by atoms with Gasteiger partial charge in [0.1, 0.15) is 0 Å². The molecule has 0 bridgehead atoms. The summed E-state index contributed by atoms with van der Waals surface area (Å²) >= 11 is 0. The second-order valence-electron chi connectivity index (χ2n) is 6.45. The van der Waals surface area contributed by atoms with Crippen molar-refractivity contribution in [3.05, 3.63) is 90.4 Å². The van der Waals surface area contributed by atoms with E-state index < -0.39 is 0 Å². The number of aromatic nitrogens is 3. The van der Waals surface area contributed by atoms with Gasteiger partial charge < -0.3 is 5.32 Å². The second-order valence-corrected chi connectivity index (χ2v) is 6.45. The van der Waals surface area contributed by atoms with Crippen LogP contribution in [-0.2, 0) is 13.1 Å². The Kier molecular flexibility index (Phi) is 3.61. The van der Waals surface area contributed by atoms with Crippen LogP contribution in [0.25, 0.3) is 27.2 Å². The van der Waals surface area contributed by atoms with Crippen molar-refractivity contribution < 1.29 is 0 Å². The van der Waals surface area contributed by atoms with Gasteiger partial charge in [0.25, 0.3) is 0 Å². The quantitative estimate of drug-likeness (QED) is 0.496. The molecule has 0 aliphatic rings. The third-order valence-electron chi connectivity index (χ3n) is 4.85. The fraction of sp³-hybridized carbons (Fsp3) is 0.0909. The van der Waals surface area contributed by atoms with Crippen molar-refractivity contribution in [1.82, 2.24) is 19.9 Å². The first-order valence-electron chi connectivity index (χ1n) is 8.79. The number of benzene rings is 3. The molecule has 0 amide bonds. The van der Waals surface area contributed by atoms with Crippen molar-refractivity contribution in [2.45, 2.75) is 13.1 Å².